The first kappa shape index (κ1) is 15.5. The van der Waals surface area contributed by atoms with E-state index in [1.165, 1.54) is 0 Å². The number of carbonyl (C=O) groups is 2. The van der Waals surface area contributed by atoms with Crippen LogP contribution in [0.4, 0.5) is 5.69 Å². The zero-order valence-corrected chi connectivity index (χ0v) is 12.7. The van der Waals surface area contributed by atoms with Gasteiger partial charge >= 0.3 is 5.76 Å². The van der Waals surface area contributed by atoms with Gasteiger partial charge in [-0.25, -0.2) is 4.79 Å². The minimum Gasteiger partial charge on any atom is -0.408 e. The van der Waals surface area contributed by atoms with Gasteiger partial charge < -0.3 is 15.5 Å². The van der Waals surface area contributed by atoms with Gasteiger partial charge in [0.25, 0.3) is 5.91 Å². The van der Waals surface area contributed by atoms with Crippen LogP contribution in [0.25, 0.3) is 11.1 Å². The van der Waals surface area contributed by atoms with Crippen molar-refractivity contribution in [3.05, 3.63) is 64.1 Å². The number of nitrogens with two attached hydrogens (primary N) is 1. The fourth-order valence-corrected chi connectivity index (χ4v) is 2.43. The molecule has 0 aliphatic heterocycles. The molecular formula is C17H15N3O4. The second-order valence-electron chi connectivity index (χ2n) is 5.30. The van der Waals surface area contributed by atoms with Crippen molar-refractivity contribution in [1.82, 2.24) is 4.98 Å². The topological polar surface area (TPSA) is 118 Å². The van der Waals surface area contributed by atoms with Gasteiger partial charge in [-0.15, -0.1) is 0 Å². The second-order valence-corrected chi connectivity index (χ2v) is 5.30. The van der Waals surface area contributed by atoms with Gasteiger partial charge in [-0.1, -0.05) is 18.2 Å². The molecule has 7 nitrogen and oxygen atoms in total. The maximum atomic E-state index is 12.1. The Hall–Kier alpha value is -3.35. The van der Waals surface area contributed by atoms with Crippen molar-refractivity contribution in [3.63, 3.8) is 0 Å². The van der Waals surface area contributed by atoms with E-state index < -0.39 is 11.7 Å². The number of aryl methyl sites for hydroxylation is 1. The van der Waals surface area contributed by atoms with Crippen LogP contribution in [0.1, 0.15) is 22.3 Å². The van der Waals surface area contributed by atoms with Crippen molar-refractivity contribution >= 4 is 28.6 Å². The number of nitrogens with one attached hydrogen (secondary N) is 2. The van der Waals surface area contributed by atoms with Gasteiger partial charge in [-0.2, -0.15) is 0 Å². The molecular weight excluding hydrogens is 310 g/mol. The van der Waals surface area contributed by atoms with Gasteiger partial charge in [0.2, 0.25) is 5.91 Å². The van der Waals surface area contributed by atoms with Crippen LogP contribution >= 0.6 is 0 Å². The Morgan fingerprint density at radius 1 is 1.17 bits per heavy atom. The predicted molar refractivity (Wildman–Crippen MR) is 88.7 cm³/mol. The summed E-state index contributed by atoms with van der Waals surface area (Å²) in [4.78, 5) is 37.1. The van der Waals surface area contributed by atoms with Crippen LogP contribution in [0.3, 0.4) is 0 Å². The SMILES string of the molecule is NC(=O)c1ccccc1NC(=O)CCc1ccc2oc(=O)[nH]c2c1. The smallest absolute Gasteiger partial charge is 0.408 e. The molecule has 0 aliphatic carbocycles. The van der Waals surface area contributed by atoms with Gasteiger partial charge in [0, 0.05) is 6.42 Å². The molecule has 0 fully saturated rings. The number of primary amides is 1. The summed E-state index contributed by atoms with van der Waals surface area (Å²) in [6.45, 7) is 0. The number of carbonyl (C=O) groups excluding carboxylic acids is 2. The van der Waals surface area contributed by atoms with Crippen LogP contribution in [-0.4, -0.2) is 16.8 Å². The Morgan fingerprint density at radius 2 is 1.96 bits per heavy atom. The van der Waals surface area contributed by atoms with E-state index in [0.717, 1.165) is 5.56 Å². The van der Waals surface area contributed by atoms with E-state index in [-0.39, 0.29) is 17.9 Å². The summed E-state index contributed by atoms with van der Waals surface area (Å²) in [5.74, 6) is -1.34. The lowest BCUT2D eigenvalue weighted by atomic mass is 10.1. The minimum atomic E-state index is -0.597. The number of benzene rings is 2. The van der Waals surface area contributed by atoms with E-state index in [2.05, 4.69) is 10.3 Å². The summed E-state index contributed by atoms with van der Waals surface area (Å²) in [7, 11) is 0. The zero-order chi connectivity index (χ0) is 17.1. The number of amides is 2. The normalized spacial score (nSPS) is 10.7. The molecule has 4 N–H and O–H groups in total. The van der Waals surface area contributed by atoms with E-state index in [9.17, 15) is 14.4 Å². The van der Waals surface area contributed by atoms with Crippen molar-refractivity contribution in [3.8, 4) is 0 Å². The van der Waals surface area contributed by atoms with Gasteiger partial charge in [0.1, 0.15) is 0 Å². The highest BCUT2D eigenvalue weighted by atomic mass is 16.4. The monoisotopic (exact) mass is 325 g/mol. The first-order valence-corrected chi connectivity index (χ1v) is 7.33. The number of oxazole rings is 1. The maximum absolute atomic E-state index is 12.1. The summed E-state index contributed by atoms with van der Waals surface area (Å²) in [6, 6.07) is 11.8. The average Bonchev–Trinajstić information content (AvgIpc) is 2.92. The number of hydrogen-bond donors (Lipinski definition) is 3. The van der Waals surface area contributed by atoms with Crippen molar-refractivity contribution in [1.29, 1.82) is 0 Å². The zero-order valence-electron chi connectivity index (χ0n) is 12.7. The highest BCUT2D eigenvalue weighted by molar-refractivity contribution is 6.03. The average molecular weight is 325 g/mol. The fourth-order valence-electron chi connectivity index (χ4n) is 2.43. The Labute approximate surface area is 136 Å². The first-order valence-electron chi connectivity index (χ1n) is 7.33. The van der Waals surface area contributed by atoms with E-state index in [4.69, 9.17) is 10.2 Å². The van der Waals surface area contributed by atoms with Crippen molar-refractivity contribution < 1.29 is 14.0 Å². The summed E-state index contributed by atoms with van der Waals surface area (Å²) in [5, 5.41) is 2.69. The molecule has 0 unspecified atom stereocenters. The maximum Gasteiger partial charge on any atom is 0.417 e. The Morgan fingerprint density at radius 3 is 2.75 bits per heavy atom. The minimum absolute atomic E-state index is 0.223. The molecule has 7 heteroatoms. The molecule has 2 aromatic carbocycles. The van der Waals surface area contributed by atoms with Crippen LogP contribution in [0.15, 0.2) is 51.7 Å². The molecule has 0 aliphatic rings. The molecule has 122 valence electrons. The number of rotatable bonds is 5. The third kappa shape index (κ3) is 3.35. The summed E-state index contributed by atoms with van der Waals surface area (Å²) in [5.41, 5.74) is 7.90. The molecule has 0 bridgehead atoms. The first-order chi connectivity index (χ1) is 11.5. The molecule has 24 heavy (non-hydrogen) atoms. The summed E-state index contributed by atoms with van der Waals surface area (Å²) < 4.78 is 4.93. The number of fused-ring (bicyclic) bond motifs is 1. The van der Waals surface area contributed by atoms with Crippen LogP contribution in [0.2, 0.25) is 0 Å². The van der Waals surface area contributed by atoms with Crippen molar-refractivity contribution in [2.24, 2.45) is 5.73 Å². The number of para-hydroxylation sites is 1. The Bertz CT molecular complexity index is 971. The number of aromatic amines is 1. The number of H-pyrrole nitrogens is 1. The lowest BCUT2D eigenvalue weighted by Crippen LogP contribution is -2.18. The summed E-state index contributed by atoms with van der Waals surface area (Å²) in [6.07, 6.45) is 0.703. The quantitative estimate of drug-likeness (QED) is 0.662. The molecule has 0 saturated carbocycles. The summed E-state index contributed by atoms with van der Waals surface area (Å²) >= 11 is 0. The number of aromatic nitrogens is 1. The third-order valence-electron chi connectivity index (χ3n) is 3.59. The van der Waals surface area contributed by atoms with Crippen molar-refractivity contribution in [2.45, 2.75) is 12.8 Å². The van der Waals surface area contributed by atoms with Gasteiger partial charge in [0.15, 0.2) is 5.58 Å². The Balaban J connectivity index is 1.66. The van der Waals surface area contributed by atoms with Crippen molar-refractivity contribution in [2.75, 3.05) is 5.32 Å². The van der Waals surface area contributed by atoms with Crippen LogP contribution < -0.4 is 16.8 Å². The lowest BCUT2D eigenvalue weighted by Gasteiger charge is -2.08. The molecule has 3 rings (SSSR count). The molecule has 2 amide bonds. The van der Waals surface area contributed by atoms with Crippen LogP contribution in [-0.2, 0) is 11.2 Å². The largest absolute Gasteiger partial charge is 0.417 e. The van der Waals surface area contributed by atoms with E-state index in [1.807, 2.05) is 0 Å². The third-order valence-corrected chi connectivity index (χ3v) is 3.59. The number of hydrogen-bond acceptors (Lipinski definition) is 4. The standard InChI is InChI=1S/C17H15N3O4/c18-16(22)11-3-1-2-4-12(11)19-15(21)8-6-10-5-7-14-13(9-10)20-17(23)24-14/h1-5,7,9H,6,8H2,(H2,18,22)(H,19,21)(H,20,23). The van der Waals surface area contributed by atoms with Gasteiger partial charge in [0.05, 0.1) is 16.8 Å². The second kappa shape index (κ2) is 6.41. The van der Waals surface area contributed by atoms with E-state index in [1.54, 1.807) is 42.5 Å². The molecule has 0 atom stereocenters. The number of anilines is 1. The highest BCUT2D eigenvalue weighted by Crippen LogP contribution is 2.16. The van der Waals surface area contributed by atoms with Gasteiger partial charge in [-0.05, 0) is 36.2 Å². The predicted octanol–water partition coefficient (Wildman–Crippen LogP) is 1.79. The molecule has 1 heterocycles. The molecule has 0 saturated heterocycles. The molecule has 1 aromatic heterocycles. The lowest BCUT2D eigenvalue weighted by molar-refractivity contribution is -0.116. The Kier molecular flexibility index (Phi) is 4.15. The molecule has 0 radical (unpaired) electrons. The van der Waals surface area contributed by atoms with Gasteiger partial charge in [-0.3, -0.25) is 14.6 Å². The van der Waals surface area contributed by atoms with Crippen LogP contribution in [0, 0.1) is 0 Å². The van der Waals surface area contributed by atoms with E-state index >= 15 is 0 Å². The fraction of sp³-hybridized carbons (Fsp3) is 0.118. The highest BCUT2D eigenvalue weighted by Gasteiger charge is 2.10. The van der Waals surface area contributed by atoms with E-state index in [0.29, 0.717) is 23.2 Å². The molecule has 0 spiro atoms. The van der Waals surface area contributed by atoms with Crippen LogP contribution in [0.5, 0.6) is 0 Å². The molecule has 3 aromatic rings.